The number of pyridine rings is 1. The number of hydrogen-bond acceptors (Lipinski definition) is 6. The SMILES string of the molecule is CC1COc2c(NCc3[c-]nn[nH]3)c(F)cc3c(=O)c(C(=O)O)cn1c23.[Au].[CH2-][P+](CC)(CC)CC. The zero-order valence-electron chi connectivity index (χ0n) is 20.1. The number of carboxylic acids is 1. The Hall–Kier alpha value is -2.26. The van der Waals surface area contributed by atoms with E-state index in [1.807, 2.05) is 6.92 Å². The van der Waals surface area contributed by atoms with Gasteiger partial charge in [0.25, 0.3) is 0 Å². The van der Waals surface area contributed by atoms with Gasteiger partial charge in [0, 0.05) is 53.6 Å². The predicted molar refractivity (Wildman–Crippen MR) is 132 cm³/mol. The van der Waals surface area contributed by atoms with Gasteiger partial charge in [-0.25, -0.2) is 9.18 Å². The number of aromatic nitrogens is 4. The monoisotopic (exact) mass is 687 g/mol. The number of carbonyl (C=O) groups is 1. The number of ether oxygens (including phenoxy) is 1. The molecule has 0 bridgehead atoms. The van der Waals surface area contributed by atoms with Gasteiger partial charge in [-0.05, 0) is 33.8 Å². The van der Waals surface area contributed by atoms with Gasteiger partial charge in [-0.15, -0.1) is 18.2 Å². The maximum Gasteiger partial charge on any atom is 0.341 e. The summed E-state index contributed by atoms with van der Waals surface area (Å²) in [5.41, 5.74) is -0.216. The number of carboxylic acid groups (broad SMARTS) is 1. The molecule has 12 heteroatoms. The molecular formula is C23H30AuFN5O4P-. The van der Waals surface area contributed by atoms with Crippen LogP contribution in [0.25, 0.3) is 10.9 Å². The van der Waals surface area contributed by atoms with Gasteiger partial charge < -0.3 is 31.0 Å². The summed E-state index contributed by atoms with van der Waals surface area (Å²) in [4.78, 5) is 23.8. The molecule has 0 amide bonds. The molecule has 1 aliphatic rings. The average Bonchev–Trinajstić information content (AvgIpc) is 3.35. The zero-order chi connectivity index (χ0) is 25.0. The molecule has 0 spiro atoms. The van der Waals surface area contributed by atoms with E-state index in [1.54, 1.807) is 4.57 Å². The first-order chi connectivity index (χ1) is 16.2. The Kier molecular flexibility index (Phi) is 10.0. The van der Waals surface area contributed by atoms with Crippen molar-refractivity contribution >= 4 is 29.8 Å². The van der Waals surface area contributed by atoms with Crippen LogP contribution in [0.1, 0.15) is 49.8 Å². The molecule has 0 saturated heterocycles. The number of aromatic amines is 1. The summed E-state index contributed by atoms with van der Waals surface area (Å²) >= 11 is 0. The predicted octanol–water partition coefficient (Wildman–Crippen LogP) is 4.18. The normalized spacial score (nSPS) is 14.4. The molecule has 4 rings (SSSR count). The van der Waals surface area contributed by atoms with Crippen molar-refractivity contribution in [2.45, 2.75) is 40.3 Å². The molecule has 1 atom stereocenters. The molecule has 3 heterocycles. The minimum atomic E-state index is -1.36. The van der Waals surface area contributed by atoms with E-state index in [9.17, 15) is 19.1 Å². The van der Waals surface area contributed by atoms with Crippen molar-refractivity contribution in [1.82, 2.24) is 20.0 Å². The second-order valence-electron chi connectivity index (χ2n) is 8.25. The Morgan fingerprint density at radius 1 is 1.40 bits per heavy atom. The fourth-order valence-corrected chi connectivity index (χ4v) is 5.01. The average molecular weight is 687 g/mol. The van der Waals surface area contributed by atoms with E-state index in [1.165, 1.54) is 24.7 Å². The van der Waals surface area contributed by atoms with Crippen molar-refractivity contribution in [1.29, 1.82) is 0 Å². The Labute approximate surface area is 219 Å². The van der Waals surface area contributed by atoms with Crippen molar-refractivity contribution < 1.29 is 41.4 Å². The summed E-state index contributed by atoms with van der Waals surface area (Å²) < 4.78 is 22.0. The molecule has 1 unspecified atom stereocenters. The number of anilines is 1. The van der Waals surface area contributed by atoms with E-state index in [0.717, 1.165) is 6.07 Å². The maximum absolute atomic E-state index is 14.7. The van der Waals surface area contributed by atoms with Crippen molar-refractivity contribution in [2.24, 2.45) is 0 Å². The molecule has 0 aliphatic carbocycles. The number of H-pyrrole nitrogens is 1. The zero-order valence-corrected chi connectivity index (χ0v) is 23.2. The van der Waals surface area contributed by atoms with Crippen LogP contribution in [0.5, 0.6) is 5.75 Å². The Bertz CT molecular complexity index is 1220. The standard InChI is InChI=1S/C16H13FN5O4.C7H17P.Au/c1-7-6-26-15-12(18-3-8-4-19-21-20-8)11(17)2-9-13(15)22(7)5-10(14(9)23)16(24)25;1-5-8(4,6-2)7-3;/h2,5,7,18H,3,6H2,1H3,(H,24,25)(H,19,20,21);4-7H2,1-3H3;/q-1;;. The van der Waals surface area contributed by atoms with Gasteiger partial charge in [-0.3, -0.25) is 9.89 Å². The molecule has 3 N–H and O–H groups in total. The number of nitrogens with zero attached hydrogens (tertiary/aromatic N) is 3. The van der Waals surface area contributed by atoms with E-state index in [4.69, 9.17) is 4.74 Å². The Morgan fingerprint density at radius 3 is 2.57 bits per heavy atom. The van der Waals surface area contributed by atoms with Gasteiger partial charge in [0.15, 0.2) is 11.6 Å². The number of aromatic carboxylic acids is 1. The Balaban J connectivity index is 0.000000418. The van der Waals surface area contributed by atoms with Crippen LogP contribution >= 0.6 is 7.26 Å². The molecule has 2 aromatic heterocycles. The van der Waals surface area contributed by atoms with E-state index >= 15 is 0 Å². The second kappa shape index (κ2) is 12.1. The molecule has 0 saturated carbocycles. The smallest absolute Gasteiger partial charge is 0.341 e. The molecule has 9 nitrogen and oxygen atoms in total. The van der Waals surface area contributed by atoms with Crippen LogP contribution < -0.4 is 15.5 Å². The fourth-order valence-electron chi connectivity index (χ4n) is 3.67. The van der Waals surface area contributed by atoms with Crippen molar-refractivity contribution in [3.8, 4) is 5.75 Å². The van der Waals surface area contributed by atoms with E-state index in [-0.39, 0.29) is 58.4 Å². The van der Waals surface area contributed by atoms with Crippen LogP contribution in [0.2, 0.25) is 0 Å². The first kappa shape index (κ1) is 29.0. The molecule has 1 radical (unpaired) electrons. The minimum absolute atomic E-state index is 0. The van der Waals surface area contributed by atoms with E-state index < -0.39 is 30.0 Å². The molecule has 0 fully saturated rings. The summed E-state index contributed by atoms with van der Waals surface area (Å²) in [6.45, 7) is 13.2. The fraction of sp³-hybridized carbons (Fsp3) is 0.435. The summed E-state index contributed by atoms with van der Waals surface area (Å²) in [6.07, 6.45) is 7.83. The van der Waals surface area contributed by atoms with Crippen LogP contribution in [-0.4, -0.2) is 56.1 Å². The number of hydrogen-bond donors (Lipinski definition) is 3. The van der Waals surface area contributed by atoms with Gasteiger partial charge in [0.2, 0.25) is 5.43 Å². The molecular weight excluding hydrogens is 657 g/mol. The molecule has 3 aromatic rings. The van der Waals surface area contributed by atoms with Gasteiger partial charge in [0.1, 0.15) is 17.9 Å². The molecule has 1 aromatic carbocycles. The number of halogens is 1. The number of nitrogens with one attached hydrogen (secondary N) is 2. The van der Waals surface area contributed by atoms with Crippen LogP contribution in [0.3, 0.4) is 0 Å². The van der Waals surface area contributed by atoms with E-state index in [0.29, 0.717) is 11.2 Å². The van der Waals surface area contributed by atoms with Crippen LogP contribution in [-0.2, 0) is 28.9 Å². The number of benzene rings is 1. The first-order valence-corrected chi connectivity index (χ1v) is 13.7. The molecule has 195 valence electrons. The van der Waals surface area contributed by atoms with Crippen molar-refractivity contribution in [3.05, 3.63) is 52.4 Å². The largest absolute Gasteiger partial charge is 0.487 e. The van der Waals surface area contributed by atoms with Crippen molar-refractivity contribution in [3.63, 3.8) is 0 Å². The van der Waals surface area contributed by atoms with Gasteiger partial charge in [-0.2, -0.15) is 6.66 Å². The van der Waals surface area contributed by atoms with Gasteiger partial charge >= 0.3 is 5.97 Å². The van der Waals surface area contributed by atoms with Gasteiger partial charge in [0.05, 0.1) is 16.9 Å². The third-order valence-corrected chi connectivity index (χ3v) is 10.3. The van der Waals surface area contributed by atoms with Crippen LogP contribution in [0.15, 0.2) is 17.1 Å². The topological polar surface area (TPSA) is 122 Å². The summed E-state index contributed by atoms with van der Waals surface area (Å²) in [7, 11) is -0.662. The number of rotatable bonds is 7. The van der Waals surface area contributed by atoms with Crippen molar-refractivity contribution in [2.75, 3.05) is 30.4 Å². The quantitative estimate of drug-likeness (QED) is 0.194. The van der Waals surface area contributed by atoms with Gasteiger partial charge in [-0.1, -0.05) is 0 Å². The minimum Gasteiger partial charge on any atom is -0.487 e. The van der Waals surface area contributed by atoms with E-state index in [2.05, 4.69) is 54.4 Å². The third kappa shape index (κ3) is 6.12. The summed E-state index contributed by atoms with van der Waals surface area (Å²) in [5.74, 6) is -1.91. The molecule has 35 heavy (non-hydrogen) atoms. The second-order valence-corrected chi connectivity index (χ2v) is 12.8. The summed E-state index contributed by atoms with van der Waals surface area (Å²) in [5, 5.41) is 21.8. The first-order valence-electron chi connectivity index (χ1n) is 11.1. The maximum atomic E-state index is 14.7. The van der Waals surface area contributed by atoms with Crippen LogP contribution in [0, 0.1) is 18.7 Å². The summed E-state index contributed by atoms with van der Waals surface area (Å²) in [6, 6.07) is 0.815. The Morgan fingerprint density at radius 2 is 2.06 bits per heavy atom. The van der Waals surface area contributed by atoms with Crippen LogP contribution in [0.4, 0.5) is 10.1 Å². The third-order valence-electron chi connectivity index (χ3n) is 6.27. The molecule has 1 aliphatic heterocycles.